The van der Waals surface area contributed by atoms with Gasteiger partial charge in [0.15, 0.2) is 0 Å². The number of ether oxygens (including phenoxy) is 1. The van der Waals surface area contributed by atoms with Crippen molar-refractivity contribution in [2.45, 2.75) is 18.6 Å². The van der Waals surface area contributed by atoms with Crippen molar-refractivity contribution in [2.24, 2.45) is 0 Å². The molecule has 1 aliphatic heterocycles. The first kappa shape index (κ1) is 10.9. The quantitative estimate of drug-likeness (QED) is 0.589. The van der Waals surface area contributed by atoms with Gasteiger partial charge < -0.3 is 9.26 Å². The van der Waals surface area contributed by atoms with E-state index in [1.54, 1.807) is 6.92 Å². The van der Waals surface area contributed by atoms with Crippen molar-refractivity contribution in [3.05, 3.63) is 35.4 Å². The first-order valence-electron chi connectivity index (χ1n) is 4.55. The Hall–Kier alpha value is -0.570. The summed E-state index contributed by atoms with van der Waals surface area (Å²) < 4.78 is 36.8. The third-order valence-corrected chi connectivity index (χ3v) is 3.11. The van der Waals surface area contributed by atoms with E-state index in [1.165, 1.54) is 0 Å². The third kappa shape index (κ3) is 1.78. The van der Waals surface area contributed by atoms with Gasteiger partial charge in [-0.15, -0.1) is 0 Å². The van der Waals surface area contributed by atoms with Crippen LogP contribution in [-0.2, 0) is 14.9 Å². The van der Waals surface area contributed by atoms with E-state index in [4.69, 9.17) is 9.26 Å². The number of halogens is 2. The first-order valence-corrected chi connectivity index (χ1v) is 5.02. The monoisotopic (exact) mass is 232 g/mol. The van der Waals surface area contributed by atoms with Gasteiger partial charge in [0, 0.05) is 15.0 Å². The maximum Gasteiger partial charge on any atom is 0.145 e. The van der Waals surface area contributed by atoms with Crippen molar-refractivity contribution < 1.29 is 18.0 Å². The van der Waals surface area contributed by atoms with Crippen LogP contribution in [0.4, 0.5) is 8.78 Å². The van der Waals surface area contributed by atoms with Crippen molar-refractivity contribution >= 4 is 9.47 Å². The minimum atomic E-state index is -0.825. The highest BCUT2D eigenvalue weighted by Crippen LogP contribution is 2.45. The van der Waals surface area contributed by atoms with Gasteiger partial charge in [-0.25, -0.2) is 8.78 Å². The fraction of sp³-hybridized carbons (Fsp3) is 0.400. The average Bonchev–Trinajstić information content (AvgIpc) is 3.01. The maximum atomic E-state index is 13.5. The minimum Gasteiger partial charge on any atom is -0.362 e. The van der Waals surface area contributed by atoms with Crippen LogP contribution in [0.3, 0.4) is 0 Å². The summed E-state index contributed by atoms with van der Waals surface area (Å²) in [7, 11) is 2.10. The zero-order valence-corrected chi connectivity index (χ0v) is 9.32. The highest BCUT2D eigenvalue weighted by atomic mass is 31.0. The minimum absolute atomic E-state index is 0.220. The van der Waals surface area contributed by atoms with Gasteiger partial charge in [-0.3, -0.25) is 0 Å². The lowest BCUT2D eigenvalue weighted by Crippen LogP contribution is -2.26. The molecule has 5 heteroatoms. The molecule has 1 fully saturated rings. The number of epoxide rings is 1. The Morgan fingerprint density at radius 1 is 1.53 bits per heavy atom. The van der Waals surface area contributed by atoms with E-state index in [-0.39, 0.29) is 11.7 Å². The fourth-order valence-corrected chi connectivity index (χ4v) is 1.84. The van der Waals surface area contributed by atoms with Gasteiger partial charge in [0.05, 0.1) is 12.7 Å². The van der Waals surface area contributed by atoms with Crippen LogP contribution < -0.4 is 0 Å². The molecule has 1 aliphatic rings. The summed E-state index contributed by atoms with van der Waals surface area (Å²) >= 11 is 0. The standard InChI is InChI=1S/C10H11F2O2P/c1-6(14-15)10(5-13-10)8-4-7(11)2-3-9(8)12/h2-4,6H,5,15H2,1H3/t6-,10?/m1/s1. The van der Waals surface area contributed by atoms with Crippen molar-refractivity contribution in [1.29, 1.82) is 0 Å². The molecule has 0 amide bonds. The van der Waals surface area contributed by atoms with Crippen LogP contribution in [-0.4, -0.2) is 12.7 Å². The average molecular weight is 232 g/mol. The van der Waals surface area contributed by atoms with E-state index >= 15 is 0 Å². The SMILES string of the molecule is C[C@@H](OP)C1(c2cc(F)ccc2F)CO1. The zero-order chi connectivity index (χ0) is 11.1. The lowest BCUT2D eigenvalue weighted by atomic mass is 9.94. The van der Waals surface area contributed by atoms with Gasteiger partial charge in [-0.2, -0.15) is 0 Å². The van der Waals surface area contributed by atoms with Crippen LogP contribution in [0.25, 0.3) is 0 Å². The Kier molecular flexibility index (Phi) is 2.75. The molecular weight excluding hydrogens is 221 g/mol. The Morgan fingerprint density at radius 2 is 2.20 bits per heavy atom. The molecule has 0 radical (unpaired) electrons. The molecule has 0 aliphatic carbocycles. The Labute approximate surface area is 88.9 Å². The maximum absolute atomic E-state index is 13.5. The smallest absolute Gasteiger partial charge is 0.145 e. The summed E-state index contributed by atoms with van der Waals surface area (Å²) in [6.45, 7) is 2.10. The first-order chi connectivity index (χ1) is 7.10. The van der Waals surface area contributed by atoms with Crippen molar-refractivity contribution in [1.82, 2.24) is 0 Å². The summed E-state index contributed by atoms with van der Waals surface area (Å²) in [5.74, 6) is -0.944. The van der Waals surface area contributed by atoms with Crippen LogP contribution >= 0.6 is 9.47 Å². The molecule has 0 bridgehead atoms. The Bertz CT molecular complexity index is 380. The van der Waals surface area contributed by atoms with Gasteiger partial charge in [0.25, 0.3) is 0 Å². The second-order valence-corrected chi connectivity index (χ2v) is 3.85. The van der Waals surface area contributed by atoms with Crippen LogP contribution in [0, 0.1) is 11.6 Å². The van der Waals surface area contributed by atoms with Gasteiger partial charge in [0.2, 0.25) is 0 Å². The molecular formula is C10H11F2O2P. The molecule has 1 saturated heterocycles. The molecule has 1 aromatic rings. The molecule has 0 aromatic heterocycles. The second kappa shape index (κ2) is 3.78. The van der Waals surface area contributed by atoms with Crippen LogP contribution in [0.2, 0.25) is 0 Å². The van der Waals surface area contributed by atoms with Crippen molar-refractivity contribution in [3.63, 3.8) is 0 Å². The van der Waals surface area contributed by atoms with Crippen LogP contribution in [0.5, 0.6) is 0 Å². The second-order valence-electron chi connectivity index (χ2n) is 3.58. The predicted molar refractivity (Wildman–Crippen MR) is 54.2 cm³/mol. The molecule has 0 saturated carbocycles. The van der Waals surface area contributed by atoms with Gasteiger partial charge >= 0.3 is 0 Å². The molecule has 3 atom stereocenters. The number of hydrogen-bond acceptors (Lipinski definition) is 2. The topological polar surface area (TPSA) is 21.8 Å². The Morgan fingerprint density at radius 3 is 2.73 bits per heavy atom. The normalized spacial score (nSPS) is 26.4. The summed E-state index contributed by atoms with van der Waals surface area (Å²) in [4.78, 5) is 0. The van der Waals surface area contributed by atoms with E-state index in [2.05, 4.69) is 9.47 Å². The zero-order valence-electron chi connectivity index (χ0n) is 8.17. The van der Waals surface area contributed by atoms with Gasteiger partial charge in [0.1, 0.15) is 17.2 Å². The van der Waals surface area contributed by atoms with Crippen LogP contribution in [0.15, 0.2) is 18.2 Å². The summed E-state index contributed by atoms with van der Waals surface area (Å²) in [5.41, 5.74) is -0.606. The molecule has 0 spiro atoms. The molecule has 82 valence electrons. The Balaban J connectivity index is 2.41. The van der Waals surface area contributed by atoms with Crippen molar-refractivity contribution in [2.75, 3.05) is 6.61 Å². The highest BCUT2D eigenvalue weighted by molar-refractivity contribution is 7.09. The highest BCUT2D eigenvalue weighted by Gasteiger charge is 2.53. The molecule has 1 heterocycles. The van der Waals surface area contributed by atoms with E-state index < -0.39 is 17.2 Å². The number of benzene rings is 1. The largest absolute Gasteiger partial charge is 0.362 e. The van der Waals surface area contributed by atoms with Gasteiger partial charge in [-0.1, -0.05) is 0 Å². The molecule has 0 N–H and O–H groups in total. The number of rotatable bonds is 3. The van der Waals surface area contributed by atoms with E-state index in [9.17, 15) is 8.78 Å². The van der Waals surface area contributed by atoms with E-state index in [0.717, 1.165) is 18.2 Å². The predicted octanol–water partition coefficient (Wildman–Crippen LogP) is 2.39. The lowest BCUT2D eigenvalue weighted by Gasteiger charge is -2.19. The van der Waals surface area contributed by atoms with E-state index in [1.807, 2.05) is 0 Å². The molecule has 2 nitrogen and oxygen atoms in total. The summed E-state index contributed by atoms with van der Waals surface area (Å²) in [5, 5.41) is 0. The third-order valence-electron chi connectivity index (χ3n) is 2.70. The molecule has 1 aromatic carbocycles. The van der Waals surface area contributed by atoms with Crippen molar-refractivity contribution in [3.8, 4) is 0 Å². The molecule has 2 rings (SSSR count). The number of hydrogen-bond donors (Lipinski definition) is 0. The molecule has 15 heavy (non-hydrogen) atoms. The molecule has 2 unspecified atom stereocenters. The van der Waals surface area contributed by atoms with Crippen LogP contribution in [0.1, 0.15) is 12.5 Å². The van der Waals surface area contributed by atoms with E-state index in [0.29, 0.717) is 6.61 Å². The summed E-state index contributed by atoms with van der Waals surface area (Å²) in [6.07, 6.45) is -0.334. The van der Waals surface area contributed by atoms with Gasteiger partial charge in [-0.05, 0) is 25.1 Å². The lowest BCUT2D eigenvalue weighted by molar-refractivity contribution is 0.126. The summed E-state index contributed by atoms with van der Waals surface area (Å²) in [6, 6.07) is 3.34. The fourth-order valence-electron chi connectivity index (χ4n) is 1.62.